The van der Waals surface area contributed by atoms with Crippen LogP contribution in [0.3, 0.4) is 0 Å². The molecule has 114 valence electrons. The van der Waals surface area contributed by atoms with Gasteiger partial charge in [-0.3, -0.25) is 9.59 Å². The maximum Gasteiger partial charge on any atom is 0.259 e. The molecule has 0 radical (unpaired) electrons. The van der Waals surface area contributed by atoms with E-state index in [0.29, 0.717) is 35.9 Å². The first-order valence-electron chi connectivity index (χ1n) is 6.77. The molecule has 0 saturated carbocycles. The quantitative estimate of drug-likeness (QED) is 0.930. The Balaban J connectivity index is 1.84. The van der Waals surface area contributed by atoms with Crippen molar-refractivity contribution in [2.24, 2.45) is 0 Å². The van der Waals surface area contributed by atoms with E-state index < -0.39 is 5.91 Å². The Morgan fingerprint density at radius 2 is 2.27 bits per heavy atom. The first kappa shape index (κ1) is 14.1. The van der Waals surface area contributed by atoms with Gasteiger partial charge in [0, 0.05) is 26.1 Å². The second-order valence-electron chi connectivity index (χ2n) is 4.97. The standard InChI is InChI=1S/C15H15N3O4/c1-18-6-5-11-13(15(18)20)10(8-22-11)14(19)17-9-3-4-12(21-2)16-7-9/h3-4,7-8H,5-6H2,1-2H3,(H,17,19). The Bertz CT molecular complexity index is 721. The molecule has 7 nitrogen and oxygen atoms in total. The van der Waals surface area contributed by atoms with Crippen LogP contribution in [-0.2, 0) is 6.42 Å². The summed E-state index contributed by atoms with van der Waals surface area (Å²) in [4.78, 5) is 30.1. The smallest absolute Gasteiger partial charge is 0.259 e. The van der Waals surface area contributed by atoms with E-state index >= 15 is 0 Å². The molecule has 0 atom stereocenters. The highest BCUT2D eigenvalue weighted by Crippen LogP contribution is 2.24. The van der Waals surface area contributed by atoms with Crippen molar-refractivity contribution in [1.82, 2.24) is 9.88 Å². The van der Waals surface area contributed by atoms with Gasteiger partial charge in [0.2, 0.25) is 5.88 Å². The number of aromatic nitrogens is 1. The predicted molar refractivity (Wildman–Crippen MR) is 78.1 cm³/mol. The van der Waals surface area contributed by atoms with E-state index in [2.05, 4.69) is 10.3 Å². The van der Waals surface area contributed by atoms with Crippen molar-refractivity contribution in [3.8, 4) is 5.88 Å². The van der Waals surface area contributed by atoms with Gasteiger partial charge >= 0.3 is 0 Å². The van der Waals surface area contributed by atoms with Crippen molar-refractivity contribution in [2.45, 2.75) is 6.42 Å². The number of nitrogens with zero attached hydrogens (tertiary/aromatic N) is 2. The molecule has 0 saturated heterocycles. The Hall–Kier alpha value is -2.83. The van der Waals surface area contributed by atoms with Crippen LogP contribution in [0, 0.1) is 0 Å². The van der Waals surface area contributed by atoms with Gasteiger partial charge in [0.25, 0.3) is 11.8 Å². The molecule has 0 spiro atoms. The fourth-order valence-electron chi connectivity index (χ4n) is 2.32. The molecule has 3 heterocycles. The number of amides is 2. The summed E-state index contributed by atoms with van der Waals surface area (Å²) in [5.74, 6) is 0.408. The molecular formula is C15H15N3O4. The van der Waals surface area contributed by atoms with Gasteiger partial charge in [-0.05, 0) is 6.07 Å². The maximum atomic E-state index is 12.4. The average Bonchev–Trinajstić information content (AvgIpc) is 2.96. The summed E-state index contributed by atoms with van der Waals surface area (Å²) in [6.07, 6.45) is 3.42. The molecule has 3 rings (SSSR count). The number of hydrogen-bond acceptors (Lipinski definition) is 5. The third-order valence-electron chi connectivity index (χ3n) is 3.55. The van der Waals surface area contributed by atoms with Crippen molar-refractivity contribution in [2.75, 3.05) is 26.0 Å². The van der Waals surface area contributed by atoms with E-state index in [1.54, 1.807) is 24.1 Å². The van der Waals surface area contributed by atoms with Gasteiger partial charge < -0.3 is 19.4 Å². The summed E-state index contributed by atoms with van der Waals surface area (Å²) < 4.78 is 10.3. The van der Waals surface area contributed by atoms with Crippen LogP contribution in [0.1, 0.15) is 26.5 Å². The number of rotatable bonds is 3. The highest BCUT2D eigenvalue weighted by Gasteiger charge is 2.30. The highest BCUT2D eigenvalue weighted by molar-refractivity contribution is 6.12. The number of nitrogens with one attached hydrogen (secondary N) is 1. The average molecular weight is 301 g/mol. The SMILES string of the molecule is COc1ccc(NC(=O)c2coc3c2C(=O)N(C)CC3)cn1. The molecule has 7 heteroatoms. The van der Waals surface area contributed by atoms with E-state index in [1.165, 1.54) is 19.6 Å². The summed E-state index contributed by atoms with van der Waals surface area (Å²) in [7, 11) is 3.22. The molecule has 0 aromatic carbocycles. The minimum absolute atomic E-state index is 0.201. The fraction of sp³-hybridized carbons (Fsp3) is 0.267. The number of anilines is 1. The Kier molecular flexibility index (Phi) is 3.54. The van der Waals surface area contributed by atoms with Gasteiger partial charge in [-0.1, -0.05) is 0 Å². The van der Waals surface area contributed by atoms with E-state index in [-0.39, 0.29) is 11.5 Å². The number of carbonyl (C=O) groups excluding carboxylic acids is 2. The van der Waals surface area contributed by atoms with Gasteiger partial charge in [0.05, 0.1) is 30.1 Å². The van der Waals surface area contributed by atoms with Gasteiger partial charge in [-0.25, -0.2) is 4.98 Å². The van der Waals surface area contributed by atoms with Gasteiger partial charge in [-0.2, -0.15) is 0 Å². The Labute approximate surface area is 126 Å². The number of furan rings is 1. The van der Waals surface area contributed by atoms with Gasteiger partial charge in [0.15, 0.2) is 0 Å². The van der Waals surface area contributed by atoms with Crippen LogP contribution in [0.15, 0.2) is 29.0 Å². The van der Waals surface area contributed by atoms with Crippen molar-refractivity contribution in [3.05, 3.63) is 41.5 Å². The largest absolute Gasteiger partial charge is 0.481 e. The number of pyridine rings is 1. The zero-order chi connectivity index (χ0) is 15.7. The fourth-order valence-corrected chi connectivity index (χ4v) is 2.32. The summed E-state index contributed by atoms with van der Waals surface area (Å²) in [5.41, 5.74) is 1.09. The zero-order valence-corrected chi connectivity index (χ0v) is 12.3. The van der Waals surface area contributed by atoms with Crippen LogP contribution >= 0.6 is 0 Å². The van der Waals surface area contributed by atoms with Crippen LogP contribution in [0.2, 0.25) is 0 Å². The van der Waals surface area contributed by atoms with E-state index in [4.69, 9.17) is 9.15 Å². The second kappa shape index (κ2) is 5.51. The Morgan fingerprint density at radius 3 is 2.95 bits per heavy atom. The third kappa shape index (κ3) is 2.41. The lowest BCUT2D eigenvalue weighted by atomic mass is 10.0. The molecule has 2 amide bonds. The van der Waals surface area contributed by atoms with Gasteiger partial charge in [0.1, 0.15) is 12.0 Å². The number of methoxy groups -OCH3 is 1. The molecule has 22 heavy (non-hydrogen) atoms. The molecule has 1 aliphatic heterocycles. The van der Waals surface area contributed by atoms with Crippen molar-refractivity contribution in [3.63, 3.8) is 0 Å². The maximum absolute atomic E-state index is 12.4. The number of likely N-dealkylation sites (N-methyl/N-ethyl adjacent to an activating group) is 1. The summed E-state index contributed by atoms with van der Waals surface area (Å²) in [6.45, 7) is 0.586. The minimum atomic E-state index is -0.402. The first-order valence-corrected chi connectivity index (χ1v) is 6.77. The molecule has 0 aliphatic carbocycles. The zero-order valence-electron chi connectivity index (χ0n) is 12.3. The lowest BCUT2D eigenvalue weighted by Gasteiger charge is -2.21. The third-order valence-corrected chi connectivity index (χ3v) is 3.55. The summed E-state index contributed by atoms with van der Waals surface area (Å²) in [6, 6.07) is 3.31. The molecule has 0 bridgehead atoms. The number of fused-ring (bicyclic) bond motifs is 1. The first-order chi connectivity index (χ1) is 10.6. The number of hydrogen-bond donors (Lipinski definition) is 1. The van der Waals surface area contributed by atoms with Crippen molar-refractivity contribution in [1.29, 1.82) is 0 Å². The van der Waals surface area contributed by atoms with Crippen molar-refractivity contribution >= 4 is 17.5 Å². The van der Waals surface area contributed by atoms with E-state index in [9.17, 15) is 9.59 Å². The van der Waals surface area contributed by atoms with Crippen LogP contribution in [0.25, 0.3) is 0 Å². The van der Waals surface area contributed by atoms with Crippen LogP contribution in [0.4, 0.5) is 5.69 Å². The molecular weight excluding hydrogens is 286 g/mol. The summed E-state index contributed by atoms with van der Waals surface area (Å²) >= 11 is 0. The Morgan fingerprint density at radius 1 is 1.45 bits per heavy atom. The normalized spacial score (nSPS) is 13.7. The van der Waals surface area contributed by atoms with Crippen LogP contribution in [0.5, 0.6) is 5.88 Å². The molecule has 0 fully saturated rings. The topological polar surface area (TPSA) is 84.7 Å². The monoisotopic (exact) mass is 301 g/mol. The lowest BCUT2D eigenvalue weighted by Crippen LogP contribution is -2.34. The van der Waals surface area contributed by atoms with Gasteiger partial charge in [-0.15, -0.1) is 0 Å². The molecule has 2 aromatic heterocycles. The van der Waals surface area contributed by atoms with Crippen LogP contribution in [-0.4, -0.2) is 42.4 Å². The predicted octanol–water partition coefficient (Wildman–Crippen LogP) is 1.56. The number of carbonyl (C=O) groups is 2. The molecule has 2 aromatic rings. The van der Waals surface area contributed by atoms with E-state index in [1.807, 2.05) is 0 Å². The lowest BCUT2D eigenvalue weighted by molar-refractivity contribution is 0.0770. The number of ether oxygens (including phenoxy) is 1. The minimum Gasteiger partial charge on any atom is -0.481 e. The second-order valence-corrected chi connectivity index (χ2v) is 4.97. The van der Waals surface area contributed by atoms with E-state index in [0.717, 1.165) is 0 Å². The highest BCUT2D eigenvalue weighted by atomic mass is 16.5. The summed E-state index contributed by atoms with van der Waals surface area (Å²) in [5, 5.41) is 2.69. The van der Waals surface area contributed by atoms with Crippen molar-refractivity contribution < 1.29 is 18.7 Å². The molecule has 0 unspecified atom stereocenters. The molecule has 1 aliphatic rings. The molecule has 1 N–H and O–H groups in total. The van der Waals surface area contributed by atoms with Crippen LogP contribution < -0.4 is 10.1 Å².